The first kappa shape index (κ1) is 12.3. The number of hydrogen-bond donors (Lipinski definition) is 0. The Kier molecular flexibility index (Phi) is 3.37. The molecule has 0 saturated carbocycles. The van der Waals surface area contributed by atoms with Gasteiger partial charge in [-0.05, 0) is 29.8 Å². The van der Waals surface area contributed by atoms with E-state index in [1.54, 1.807) is 19.5 Å². The van der Waals surface area contributed by atoms with Crippen LogP contribution >= 0.6 is 0 Å². The Labute approximate surface area is 117 Å². The minimum atomic E-state index is 0.699. The Morgan fingerprint density at radius 1 is 0.750 bits per heavy atom. The Balaban J connectivity index is 1.89. The zero-order valence-corrected chi connectivity index (χ0v) is 11.0. The lowest BCUT2D eigenvalue weighted by Gasteiger charge is -2.04. The van der Waals surface area contributed by atoms with Crippen LogP contribution in [0.3, 0.4) is 0 Å². The van der Waals surface area contributed by atoms with E-state index in [2.05, 4.69) is 15.0 Å². The fourth-order valence-electron chi connectivity index (χ4n) is 1.91. The predicted molar refractivity (Wildman–Crippen MR) is 77.3 cm³/mol. The van der Waals surface area contributed by atoms with Gasteiger partial charge in [-0.15, -0.1) is 0 Å². The average molecular weight is 263 g/mol. The molecule has 0 aliphatic carbocycles. The summed E-state index contributed by atoms with van der Waals surface area (Å²) in [6, 6.07) is 11.6. The summed E-state index contributed by atoms with van der Waals surface area (Å²) in [5.41, 5.74) is 3.00. The van der Waals surface area contributed by atoms with E-state index in [4.69, 9.17) is 4.74 Å². The molecule has 98 valence electrons. The highest BCUT2D eigenvalue weighted by Crippen LogP contribution is 2.22. The van der Waals surface area contributed by atoms with Crippen LogP contribution in [0.2, 0.25) is 0 Å². The zero-order valence-electron chi connectivity index (χ0n) is 11.0. The summed E-state index contributed by atoms with van der Waals surface area (Å²) >= 11 is 0. The minimum absolute atomic E-state index is 0.699. The van der Waals surface area contributed by atoms with Gasteiger partial charge in [-0.3, -0.25) is 4.98 Å². The first-order chi connectivity index (χ1) is 9.86. The first-order valence-corrected chi connectivity index (χ1v) is 6.24. The van der Waals surface area contributed by atoms with Gasteiger partial charge in [-0.25, -0.2) is 9.97 Å². The first-order valence-electron chi connectivity index (χ1n) is 6.24. The summed E-state index contributed by atoms with van der Waals surface area (Å²) in [4.78, 5) is 12.8. The van der Waals surface area contributed by atoms with E-state index in [0.717, 1.165) is 22.4 Å². The highest BCUT2D eigenvalue weighted by Gasteiger charge is 2.03. The summed E-state index contributed by atoms with van der Waals surface area (Å²) in [5.74, 6) is 1.53. The van der Waals surface area contributed by atoms with Crippen LogP contribution < -0.4 is 4.74 Å². The molecule has 4 nitrogen and oxygen atoms in total. The molecule has 3 rings (SSSR count). The average Bonchev–Trinajstić information content (AvgIpc) is 2.56. The number of methoxy groups -OCH3 is 1. The summed E-state index contributed by atoms with van der Waals surface area (Å²) in [6.07, 6.45) is 7.11. The quantitative estimate of drug-likeness (QED) is 0.728. The van der Waals surface area contributed by atoms with Gasteiger partial charge in [0.1, 0.15) is 5.75 Å². The molecule has 0 fully saturated rings. The monoisotopic (exact) mass is 263 g/mol. The van der Waals surface area contributed by atoms with Gasteiger partial charge in [-0.2, -0.15) is 0 Å². The number of rotatable bonds is 3. The van der Waals surface area contributed by atoms with E-state index in [-0.39, 0.29) is 0 Å². The highest BCUT2D eigenvalue weighted by molar-refractivity contribution is 5.64. The lowest BCUT2D eigenvalue weighted by atomic mass is 10.1. The van der Waals surface area contributed by atoms with Gasteiger partial charge in [0.2, 0.25) is 0 Å². The van der Waals surface area contributed by atoms with E-state index < -0.39 is 0 Å². The van der Waals surface area contributed by atoms with Gasteiger partial charge in [-0.1, -0.05) is 12.1 Å². The maximum Gasteiger partial charge on any atom is 0.159 e. The molecule has 0 aliphatic rings. The van der Waals surface area contributed by atoms with E-state index in [9.17, 15) is 0 Å². The second-order valence-electron chi connectivity index (χ2n) is 4.26. The van der Waals surface area contributed by atoms with Crippen molar-refractivity contribution in [2.75, 3.05) is 7.11 Å². The standard InChI is InChI=1S/C16H13N3O/c1-20-15-4-2-12(3-5-15)14-10-18-16(19-11-14)13-6-8-17-9-7-13/h2-11H,1H3. The maximum atomic E-state index is 5.14. The van der Waals surface area contributed by atoms with Crippen molar-refractivity contribution < 1.29 is 4.74 Å². The third-order valence-corrected chi connectivity index (χ3v) is 3.01. The third-order valence-electron chi connectivity index (χ3n) is 3.01. The number of benzene rings is 1. The smallest absolute Gasteiger partial charge is 0.159 e. The lowest BCUT2D eigenvalue weighted by molar-refractivity contribution is 0.415. The van der Waals surface area contributed by atoms with Crippen LogP contribution in [-0.4, -0.2) is 22.1 Å². The molecule has 0 aliphatic heterocycles. The Morgan fingerprint density at radius 2 is 1.40 bits per heavy atom. The van der Waals surface area contributed by atoms with Gasteiger partial charge in [0, 0.05) is 35.9 Å². The summed E-state index contributed by atoms with van der Waals surface area (Å²) in [5, 5.41) is 0. The predicted octanol–water partition coefficient (Wildman–Crippen LogP) is 3.21. The largest absolute Gasteiger partial charge is 0.497 e. The van der Waals surface area contributed by atoms with Crippen molar-refractivity contribution in [2.24, 2.45) is 0 Å². The van der Waals surface area contributed by atoms with Gasteiger partial charge < -0.3 is 4.74 Å². The van der Waals surface area contributed by atoms with Crippen molar-refractivity contribution in [3.05, 3.63) is 61.2 Å². The molecular formula is C16H13N3O. The maximum absolute atomic E-state index is 5.14. The van der Waals surface area contributed by atoms with Crippen LogP contribution in [0.5, 0.6) is 5.75 Å². The summed E-state index contributed by atoms with van der Waals surface area (Å²) in [6.45, 7) is 0. The molecule has 0 bridgehead atoms. The van der Waals surface area contributed by atoms with Gasteiger partial charge in [0.05, 0.1) is 7.11 Å². The number of nitrogens with zero attached hydrogens (tertiary/aromatic N) is 3. The van der Waals surface area contributed by atoms with Gasteiger partial charge >= 0.3 is 0 Å². The van der Waals surface area contributed by atoms with Crippen molar-refractivity contribution in [1.29, 1.82) is 0 Å². The van der Waals surface area contributed by atoms with Crippen molar-refractivity contribution in [1.82, 2.24) is 15.0 Å². The third kappa shape index (κ3) is 2.49. The lowest BCUT2D eigenvalue weighted by Crippen LogP contribution is -1.90. The molecule has 0 unspecified atom stereocenters. The highest BCUT2D eigenvalue weighted by atomic mass is 16.5. The molecule has 2 heterocycles. The second kappa shape index (κ2) is 5.48. The topological polar surface area (TPSA) is 47.9 Å². The van der Waals surface area contributed by atoms with Crippen LogP contribution in [0.25, 0.3) is 22.5 Å². The Bertz CT molecular complexity index is 679. The summed E-state index contributed by atoms with van der Waals surface area (Å²) in [7, 11) is 1.65. The Hall–Kier alpha value is -2.75. The second-order valence-corrected chi connectivity index (χ2v) is 4.26. The number of hydrogen-bond acceptors (Lipinski definition) is 4. The molecule has 20 heavy (non-hydrogen) atoms. The van der Waals surface area contributed by atoms with Crippen molar-refractivity contribution in [3.8, 4) is 28.3 Å². The molecule has 0 amide bonds. The summed E-state index contributed by atoms with van der Waals surface area (Å²) < 4.78 is 5.14. The number of ether oxygens (including phenoxy) is 1. The molecule has 0 radical (unpaired) electrons. The fourth-order valence-corrected chi connectivity index (χ4v) is 1.91. The van der Waals surface area contributed by atoms with Crippen LogP contribution in [0.4, 0.5) is 0 Å². The van der Waals surface area contributed by atoms with Crippen molar-refractivity contribution in [2.45, 2.75) is 0 Å². The van der Waals surface area contributed by atoms with Crippen LogP contribution in [0.1, 0.15) is 0 Å². The van der Waals surface area contributed by atoms with Crippen LogP contribution in [0, 0.1) is 0 Å². The molecule has 0 saturated heterocycles. The fraction of sp³-hybridized carbons (Fsp3) is 0.0625. The minimum Gasteiger partial charge on any atom is -0.497 e. The molecular weight excluding hydrogens is 250 g/mol. The zero-order chi connectivity index (χ0) is 13.8. The van der Waals surface area contributed by atoms with Crippen molar-refractivity contribution in [3.63, 3.8) is 0 Å². The number of pyridine rings is 1. The molecule has 2 aromatic heterocycles. The Morgan fingerprint density at radius 3 is 2.00 bits per heavy atom. The molecule has 1 aromatic carbocycles. The van der Waals surface area contributed by atoms with Crippen LogP contribution in [-0.2, 0) is 0 Å². The van der Waals surface area contributed by atoms with E-state index >= 15 is 0 Å². The number of aromatic nitrogens is 3. The van der Waals surface area contributed by atoms with E-state index in [1.165, 1.54) is 0 Å². The van der Waals surface area contributed by atoms with Crippen LogP contribution in [0.15, 0.2) is 61.2 Å². The van der Waals surface area contributed by atoms with E-state index in [1.807, 2.05) is 48.8 Å². The molecule has 0 spiro atoms. The normalized spacial score (nSPS) is 10.2. The van der Waals surface area contributed by atoms with Gasteiger partial charge in [0.25, 0.3) is 0 Å². The van der Waals surface area contributed by atoms with E-state index in [0.29, 0.717) is 5.82 Å². The van der Waals surface area contributed by atoms with Gasteiger partial charge in [0.15, 0.2) is 5.82 Å². The molecule has 0 atom stereocenters. The SMILES string of the molecule is COc1ccc(-c2cnc(-c3ccncc3)nc2)cc1. The molecule has 3 aromatic rings. The molecule has 0 N–H and O–H groups in total. The van der Waals surface area contributed by atoms with Crippen molar-refractivity contribution >= 4 is 0 Å². The molecule has 4 heteroatoms.